The fourth-order valence-electron chi connectivity index (χ4n) is 2.55. The smallest absolute Gasteiger partial charge is 0.153 e. The third-order valence-electron chi connectivity index (χ3n) is 3.68. The van der Waals surface area contributed by atoms with E-state index in [2.05, 4.69) is 15.6 Å². The fourth-order valence-corrected chi connectivity index (χ4v) is 3.34. The molecule has 98 valence electrons. The molecule has 1 saturated carbocycles. The minimum atomic E-state index is 0.546. The Hall–Kier alpha value is -2.19. The van der Waals surface area contributed by atoms with Gasteiger partial charge in [-0.25, -0.2) is 9.97 Å². The Balaban J connectivity index is 2.03. The molecule has 1 fully saturated rings. The number of hydrogen-bond acceptors (Lipinski definition) is 4. The molecule has 5 heteroatoms. The zero-order chi connectivity index (χ0) is 13.7. The quantitative estimate of drug-likeness (QED) is 0.719. The summed E-state index contributed by atoms with van der Waals surface area (Å²) in [7, 11) is 0. The van der Waals surface area contributed by atoms with Gasteiger partial charge in [0.1, 0.15) is 0 Å². The molecule has 2 aromatic heterocycles. The predicted molar refractivity (Wildman–Crippen MR) is 78.6 cm³/mol. The molecule has 0 unspecified atom stereocenters. The van der Waals surface area contributed by atoms with E-state index >= 15 is 0 Å². The third kappa shape index (κ3) is 1.65. The van der Waals surface area contributed by atoms with Crippen molar-refractivity contribution in [2.24, 2.45) is 0 Å². The van der Waals surface area contributed by atoms with E-state index in [-0.39, 0.29) is 0 Å². The van der Waals surface area contributed by atoms with Crippen molar-refractivity contribution in [2.75, 3.05) is 0 Å². The maximum atomic E-state index is 9.03. The monoisotopic (exact) mass is 280 g/mol. The summed E-state index contributed by atoms with van der Waals surface area (Å²) in [6.45, 7) is 2.02. The van der Waals surface area contributed by atoms with Crippen LogP contribution in [0, 0.1) is 18.3 Å². The first-order valence-electron chi connectivity index (χ1n) is 6.60. The van der Waals surface area contributed by atoms with Gasteiger partial charge in [-0.15, -0.1) is 11.3 Å². The number of benzene rings is 1. The van der Waals surface area contributed by atoms with Crippen molar-refractivity contribution in [1.29, 1.82) is 5.26 Å². The molecule has 0 spiro atoms. The van der Waals surface area contributed by atoms with Crippen molar-refractivity contribution in [3.8, 4) is 16.8 Å². The van der Waals surface area contributed by atoms with Crippen LogP contribution in [0.5, 0.6) is 0 Å². The van der Waals surface area contributed by atoms with Crippen molar-refractivity contribution >= 4 is 22.4 Å². The summed E-state index contributed by atoms with van der Waals surface area (Å²) in [5, 5.41) is 9.03. The molecule has 4 rings (SSSR count). The molecule has 1 aliphatic carbocycles. The molecule has 0 aliphatic heterocycles. The van der Waals surface area contributed by atoms with E-state index in [0.717, 1.165) is 27.4 Å². The van der Waals surface area contributed by atoms with Crippen molar-refractivity contribution in [2.45, 2.75) is 25.8 Å². The SMILES string of the molecule is Cc1ncsc1-c1nc2cc(C#N)ccc2n1C1CC1. The number of nitrogens with zero attached hydrogens (tertiary/aromatic N) is 4. The van der Waals surface area contributed by atoms with E-state index in [1.165, 1.54) is 12.8 Å². The lowest BCUT2D eigenvalue weighted by atomic mass is 10.2. The van der Waals surface area contributed by atoms with Crippen molar-refractivity contribution in [3.05, 3.63) is 35.0 Å². The molecule has 2 heterocycles. The lowest BCUT2D eigenvalue weighted by molar-refractivity contribution is 0.776. The Kier molecular flexibility index (Phi) is 2.41. The first-order chi connectivity index (χ1) is 9.78. The average Bonchev–Trinajstić information content (AvgIpc) is 3.10. The summed E-state index contributed by atoms with van der Waals surface area (Å²) in [6, 6.07) is 8.47. The van der Waals surface area contributed by atoms with Gasteiger partial charge < -0.3 is 4.57 Å². The van der Waals surface area contributed by atoms with Gasteiger partial charge in [-0.1, -0.05) is 0 Å². The van der Waals surface area contributed by atoms with Crippen LogP contribution in [-0.2, 0) is 0 Å². The standard InChI is InChI=1S/C15H12N4S/c1-9-14(20-8-17-9)15-18-12-6-10(7-16)2-5-13(12)19(15)11-3-4-11/h2,5-6,8,11H,3-4H2,1H3. The van der Waals surface area contributed by atoms with Crippen LogP contribution in [0.1, 0.15) is 30.1 Å². The van der Waals surface area contributed by atoms with Gasteiger partial charge in [-0.05, 0) is 38.0 Å². The summed E-state index contributed by atoms with van der Waals surface area (Å²) in [4.78, 5) is 10.2. The molecule has 1 aromatic carbocycles. The maximum absolute atomic E-state index is 9.03. The van der Waals surface area contributed by atoms with Gasteiger partial charge in [0.2, 0.25) is 0 Å². The number of imidazole rings is 1. The minimum absolute atomic E-state index is 0.546. The molecule has 0 bridgehead atoms. The van der Waals surface area contributed by atoms with Gasteiger partial charge >= 0.3 is 0 Å². The highest BCUT2D eigenvalue weighted by Gasteiger charge is 2.29. The van der Waals surface area contributed by atoms with Crippen LogP contribution < -0.4 is 0 Å². The molecule has 0 saturated heterocycles. The fraction of sp³-hybridized carbons (Fsp3) is 0.267. The van der Waals surface area contributed by atoms with Gasteiger partial charge in [-0.2, -0.15) is 5.26 Å². The number of nitriles is 1. The van der Waals surface area contributed by atoms with Crippen LogP contribution in [0.2, 0.25) is 0 Å². The lowest BCUT2D eigenvalue weighted by Gasteiger charge is -2.06. The second-order valence-corrected chi connectivity index (χ2v) is 5.97. The Labute approximate surface area is 120 Å². The van der Waals surface area contributed by atoms with E-state index in [9.17, 15) is 0 Å². The first kappa shape index (κ1) is 11.6. The molecule has 0 radical (unpaired) electrons. The van der Waals surface area contributed by atoms with E-state index in [1.54, 1.807) is 11.3 Å². The molecule has 4 nitrogen and oxygen atoms in total. The maximum Gasteiger partial charge on any atom is 0.153 e. The molecular weight excluding hydrogens is 268 g/mol. The highest BCUT2D eigenvalue weighted by Crippen LogP contribution is 2.42. The highest BCUT2D eigenvalue weighted by molar-refractivity contribution is 7.13. The summed E-state index contributed by atoms with van der Waals surface area (Å²) >= 11 is 1.63. The van der Waals surface area contributed by atoms with Crippen LogP contribution in [0.3, 0.4) is 0 Å². The molecule has 0 N–H and O–H groups in total. The zero-order valence-corrected chi connectivity index (χ0v) is 11.8. The summed E-state index contributed by atoms with van der Waals surface area (Å²) in [6.07, 6.45) is 2.41. The number of fused-ring (bicyclic) bond motifs is 1. The third-order valence-corrected chi connectivity index (χ3v) is 4.60. The van der Waals surface area contributed by atoms with Gasteiger partial charge in [0, 0.05) is 6.04 Å². The van der Waals surface area contributed by atoms with Crippen molar-refractivity contribution < 1.29 is 0 Å². The first-order valence-corrected chi connectivity index (χ1v) is 7.48. The number of thiazole rings is 1. The average molecular weight is 280 g/mol. The number of aryl methyl sites for hydroxylation is 1. The Bertz CT molecular complexity index is 849. The van der Waals surface area contributed by atoms with E-state index in [0.29, 0.717) is 11.6 Å². The van der Waals surface area contributed by atoms with Crippen molar-refractivity contribution in [3.63, 3.8) is 0 Å². The summed E-state index contributed by atoms with van der Waals surface area (Å²) in [5.74, 6) is 0.998. The molecule has 3 aromatic rings. The van der Waals surface area contributed by atoms with Crippen LogP contribution in [-0.4, -0.2) is 14.5 Å². The minimum Gasteiger partial charge on any atom is -0.320 e. The second-order valence-electron chi connectivity index (χ2n) is 5.12. The largest absolute Gasteiger partial charge is 0.320 e. The number of aromatic nitrogens is 3. The Morgan fingerprint density at radius 2 is 2.25 bits per heavy atom. The van der Waals surface area contributed by atoms with Gasteiger partial charge in [0.15, 0.2) is 5.82 Å². The van der Waals surface area contributed by atoms with Gasteiger partial charge in [0.25, 0.3) is 0 Å². The van der Waals surface area contributed by atoms with Crippen LogP contribution in [0.25, 0.3) is 21.7 Å². The number of hydrogen-bond donors (Lipinski definition) is 0. The van der Waals surface area contributed by atoms with E-state index in [1.807, 2.05) is 30.6 Å². The zero-order valence-electron chi connectivity index (χ0n) is 11.0. The van der Waals surface area contributed by atoms with Crippen molar-refractivity contribution in [1.82, 2.24) is 14.5 Å². The van der Waals surface area contributed by atoms with Gasteiger partial charge in [0.05, 0.1) is 38.7 Å². The van der Waals surface area contributed by atoms with Gasteiger partial charge in [-0.3, -0.25) is 0 Å². The van der Waals surface area contributed by atoms with Crippen LogP contribution in [0.15, 0.2) is 23.7 Å². The Morgan fingerprint density at radius 3 is 2.90 bits per heavy atom. The van der Waals surface area contributed by atoms with E-state index < -0.39 is 0 Å². The lowest BCUT2D eigenvalue weighted by Crippen LogP contribution is -1.97. The van der Waals surface area contributed by atoms with Crippen LogP contribution >= 0.6 is 11.3 Å². The predicted octanol–water partition coefficient (Wildman–Crippen LogP) is 3.67. The molecule has 20 heavy (non-hydrogen) atoms. The molecule has 1 aliphatic rings. The summed E-state index contributed by atoms with van der Waals surface area (Å²) < 4.78 is 2.32. The molecular formula is C15H12N4S. The van der Waals surface area contributed by atoms with Crippen LogP contribution in [0.4, 0.5) is 0 Å². The topological polar surface area (TPSA) is 54.5 Å². The molecule has 0 amide bonds. The highest BCUT2D eigenvalue weighted by atomic mass is 32.1. The van der Waals surface area contributed by atoms with E-state index in [4.69, 9.17) is 10.2 Å². The normalized spacial score (nSPS) is 14.6. The summed E-state index contributed by atoms with van der Waals surface area (Å²) in [5.41, 5.74) is 5.56. The second kappa shape index (κ2) is 4.15. The molecule has 0 atom stereocenters. The Morgan fingerprint density at radius 1 is 1.40 bits per heavy atom. The number of rotatable bonds is 2.